The van der Waals surface area contributed by atoms with Crippen molar-refractivity contribution >= 4 is 38.1 Å². The van der Waals surface area contributed by atoms with Crippen molar-refractivity contribution in [3.05, 3.63) is 42.5 Å². The van der Waals surface area contributed by atoms with Crippen molar-refractivity contribution in [1.82, 2.24) is 19.5 Å². The molecule has 2 aromatic heterocycles. The Morgan fingerprint density at radius 3 is 2.67 bits per heavy atom. The van der Waals surface area contributed by atoms with Gasteiger partial charge in [-0.1, -0.05) is 32.3 Å². The average molecular weight is 566 g/mol. The molecule has 2 aliphatic carbocycles. The van der Waals surface area contributed by atoms with E-state index in [4.69, 9.17) is 19.6 Å². The Morgan fingerprint density at radius 1 is 1.12 bits per heavy atom. The number of carbonyl (C=O) groups excluding carboxylic acids is 1. The van der Waals surface area contributed by atoms with Crippen LogP contribution in [0, 0.1) is 11.8 Å². The molecule has 0 aliphatic heterocycles. The molecule has 0 radical (unpaired) electrons. The quantitative estimate of drug-likeness (QED) is 0.288. The standard InChI is InChI=1S/C29H35N5O5S/c1-17-19(9-11-24(17)39-40(2,36)37)14-38-25-13-21(27-28(32-15-31-27)26(25)29(30)35)18-8-10-23-22(12-18)33-16-34(23)20-6-4-3-5-7-20/h8,10,12-13,15-17,19-20,24H,3-7,9,11,14H2,1-2H3,(H2,30,35)(H,31,32). The highest BCUT2D eigenvalue weighted by atomic mass is 32.2. The van der Waals surface area contributed by atoms with Gasteiger partial charge in [-0.15, -0.1) is 0 Å². The third-order valence-corrected chi connectivity index (χ3v) is 9.27. The van der Waals surface area contributed by atoms with Gasteiger partial charge >= 0.3 is 0 Å². The summed E-state index contributed by atoms with van der Waals surface area (Å²) in [7, 11) is -3.54. The molecule has 11 heteroatoms. The first-order valence-electron chi connectivity index (χ1n) is 14.0. The number of aromatic nitrogens is 4. The first kappa shape index (κ1) is 26.8. The van der Waals surface area contributed by atoms with E-state index < -0.39 is 16.0 Å². The van der Waals surface area contributed by atoms with Crippen LogP contribution in [0.5, 0.6) is 5.75 Å². The van der Waals surface area contributed by atoms with Gasteiger partial charge in [-0.3, -0.25) is 8.98 Å². The summed E-state index contributed by atoms with van der Waals surface area (Å²) in [6, 6.07) is 8.53. The number of primary amides is 1. The van der Waals surface area contributed by atoms with E-state index in [1.807, 2.05) is 19.3 Å². The van der Waals surface area contributed by atoms with Gasteiger partial charge in [0.2, 0.25) is 0 Å². The summed E-state index contributed by atoms with van der Waals surface area (Å²) in [6.07, 6.45) is 11.7. The first-order chi connectivity index (χ1) is 19.2. The fourth-order valence-corrected chi connectivity index (χ4v) is 7.23. The number of rotatable bonds is 8. The molecule has 2 saturated carbocycles. The number of carbonyl (C=O) groups is 1. The van der Waals surface area contributed by atoms with Gasteiger partial charge in [0.05, 0.1) is 53.7 Å². The van der Waals surface area contributed by atoms with Crippen LogP contribution in [0.25, 0.3) is 33.2 Å². The number of nitrogens with two attached hydrogens (primary N) is 1. The second-order valence-electron chi connectivity index (χ2n) is 11.3. The monoisotopic (exact) mass is 565 g/mol. The van der Waals surface area contributed by atoms with Crippen LogP contribution in [-0.2, 0) is 14.3 Å². The third kappa shape index (κ3) is 5.08. The van der Waals surface area contributed by atoms with Gasteiger partial charge in [0.25, 0.3) is 16.0 Å². The van der Waals surface area contributed by atoms with Gasteiger partial charge in [-0.25, -0.2) is 9.97 Å². The number of benzene rings is 2. The molecule has 0 bridgehead atoms. The van der Waals surface area contributed by atoms with E-state index in [1.54, 1.807) is 6.33 Å². The summed E-state index contributed by atoms with van der Waals surface area (Å²) < 4.78 is 37.2. The zero-order valence-electron chi connectivity index (χ0n) is 22.8. The lowest BCUT2D eigenvalue weighted by molar-refractivity contribution is 0.0994. The summed E-state index contributed by atoms with van der Waals surface area (Å²) >= 11 is 0. The first-order valence-corrected chi connectivity index (χ1v) is 15.8. The fourth-order valence-electron chi connectivity index (χ4n) is 6.51. The van der Waals surface area contributed by atoms with E-state index >= 15 is 0 Å². The van der Waals surface area contributed by atoms with Crippen LogP contribution in [-0.4, -0.2) is 52.8 Å². The number of hydrogen-bond donors (Lipinski definition) is 2. The number of fused-ring (bicyclic) bond motifs is 2. The fraction of sp³-hybridized carbons (Fsp3) is 0.483. The van der Waals surface area contributed by atoms with Crippen LogP contribution in [0.3, 0.4) is 0 Å². The molecule has 3 atom stereocenters. The van der Waals surface area contributed by atoms with Crippen LogP contribution < -0.4 is 10.5 Å². The minimum atomic E-state index is -3.54. The lowest BCUT2D eigenvalue weighted by Gasteiger charge is -2.23. The van der Waals surface area contributed by atoms with Crippen LogP contribution in [0.2, 0.25) is 0 Å². The van der Waals surface area contributed by atoms with Gasteiger partial charge in [-0.2, -0.15) is 8.42 Å². The summed E-state index contributed by atoms with van der Waals surface area (Å²) in [4.78, 5) is 24.9. The highest BCUT2D eigenvalue weighted by Crippen LogP contribution is 2.39. The van der Waals surface area contributed by atoms with Crippen molar-refractivity contribution in [3.63, 3.8) is 0 Å². The summed E-state index contributed by atoms with van der Waals surface area (Å²) in [5, 5.41) is 0. The molecule has 2 heterocycles. The second kappa shape index (κ2) is 10.5. The van der Waals surface area contributed by atoms with E-state index in [9.17, 15) is 13.2 Å². The minimum absolute atomic E-state index is 0.0243. The molecule has 212 valence electrons. The minimum Gasteiger partial charge on any atom is -0.492 e. The zero-order valence-corrected chi connectivity index (χ0v) is 23.6. The maximum atomic E-state index is 12.6. The molecular weight excluding hydrogens is 530 g/mol. The second-order valence-corrected chi connectivity index (χ2v) is 12.9. The largest absolute Gasteiger partial charge is 0.492 e. The molecule has 2 fully saturated rings. The number of ether oxygens (including phenoxy) is 1. The maximum Gasteiger partial charge on any atom is 0.264 e. The predicted molar refractivity (Wildman–Crippen MR) is 153 cm³/mol. The average Bonchev–Trinajstić information content (AvgIpc) is 3.65. The number of aromatic amines is 1. The van der Waals surface area contributed by atoms with E-state index in [0.717, 1.165) is 34.8 Å². The molecule has 0 saturated heterocycles. The molecule has 2 aliphatic rings. The maximum absolute atomic E-state index is 12.6. The van der Waals surface area contributed by atoms with E-state index in [1.165, 1.54) is 32.1 Å². The topological polar surface area (TPSA) is 142 Å². The molecule has 40 heavy (non-hydrogen) atoms. The van der Waals surface area contributed by atoms with Crippen molar-refractivity contribution in [3.8, 4) is 16.9 Å². The SMILES string of the molecule is CC1C(COc2cc(-c3ccc4c(c3)ncn4C3CCCCC3)c3nc[nH]c3c2C(N)=O)CCC1OS(C)(=O)=O. The highest BCUT2D eigenvalue weighted by molar-refractivity contribution is 7.86. The Balaban J connectivity index is 1.33. The smallest absolute Gasteiger partial charge is 0.264 e. The molecule has 1 amide bonds. The van der Waals surface area contributed by atoms with Gasteiger partial charge in [0.15, 0.2) is 0 Å². The van der Waals surface area contributed by atoms with Gasteiger partial charge < -0.3 is 20.0 Å². The summed E-state index contributed by atoms with van der Waals surface area (Å²) in [6.45, 7) is 2.27. The van der Waals surface area contributed by atoms with Crippen molar-refractivity contribution < 1.29 is 22.1 Å². The van der Waals surface area contributed by atoms with Crippen LogP contribution in [0.1, 0.15) is 68.3 Å². The Kier molecular flexibility index (Phi) is 7.03. The number of imidazole rings is 2. The number of hydrogen-bond acceptors (Lipinski definition) is 7. The number of amides is 1. The lowest BCUT2D eigenvalue weighted by atomic mass is 9.95. The molecule has 3 N–H and O–H groups in total. The Labute approximate surface area is 233 Å². The molecular formula is C29H35N5O5S. The van der Waals surface area contributed by atoms with Crippen molar-refractivity contribution in [2.75, 3.05) is 12.9 Å². The molecule has 6 rings (SSSR count). The van der Waals surface area contributed by atoms with Gasteiger partial charge in [-0.05, 0) is 61.3 Å². The molecule has 4 aromatic rings. The Bertz CT molecular complexity index is 1670. The van der Waals surface area contributed by atoms with Crippen LogP contribution >= 0.6 is 0 Å². The Morgan fingerprint density at radius 2 is 1.93 bits per heavy atom. The van der Waals surface area contributed by atoms with E-state index in [-0.39, 0.29) is 23.5 Å². The normalized spacial score (nSPS) is 22.3. The van der Waals surface area contributed by atoms with Crippen molar-refractivity contribution in [2.45, 2.75) is 64.0 Å². The Hall–Kier alpha value is -3.44. The van der Waals surface area contributed by atoms with E-state index in [0.29, 0.717) is 35.9 Å². The van der Waals surface area contributed by atoms with Crippen molar-refractivity contribution in [1.29, 1.82) is 0 Å². The number of H-pyrrole nitrogens is 1. The molecule has 0 spiro atoms. The lowest BCUT2D eigenvalue weighted by Crippen LogP contribution is -2.25. The molecule has 2 aromatic carbocycles. The summed E-state index contributed by atoms with van der Waals surface area (Å²) in [5.74, 6) is -0.209. The number of nitrogens with zero attached hydrogens (tertiary/aromatic N) is 3. The van der Waals surface area contributed by atoms with Gasteiger partial charge in [0, 0.05) is 11.6 Å². The van der Waals surface area contributed by atoms with Crippen molar-refractivity contribution in [2.24, 2.45) is 17.6 Å². The van der Waals surface area contributed by atoms with Crippen LogP contribution in [0.4, 0.5) is 0 Å². The number of nitrogens with one attached hydrogen (secondary N) is 1. The third-order valence-electron chi connectivity index (χ3n) is 8.67. The van der Waals surface area contributed by atoms with E-state index in [2.05, 4.69) is 32.7 Å². The van der Waals surface area contributed by atoms with Gasteiger partial charge in [0.1, 0.15) is 11.3 Å². The van der Waals surface area contributed by atoms with Crippen LogP contribution in [0.15, 0.2) is 36.9 Å². The summed E-state index contributed by atoms with van der Waals surface area (Å²) in [5.41, 5.74) is 10.9. The molecule has 3 unspecified atom stereocenters. The predicted octanol–water partition coefficient (Wildman–Crippen LogP) is 4.95. The zero-order chi connectivity index (χ0) is 28.0. The highest BCUT2D eigenvalue weighted by Gasteiger charge is 2.36. The molecule has 10 nitrogen and oxygen atoms in total.